The number of amides is 2. The van der Waals surface area contributed by atoms with Crippen molar-refractivity contribution in [3.05, 3.63) is 28.8 Å². The highest BCUT2D eigenvalue weighted by Gasteiger charge is 2.27. The van der Waals surface area contributed by atoms with Gasteiger partial charge in [0, 0.05) is 16.1 Å². The minimum atomic E-state index is -1.01. The van der Waals surface area contributed by atoms with E-state index in [9.17, 15) is 14.4 Å². The molecule has 0 fully saturated rings. The van der Waals surface area contributed by atoms with Gasteiger partial charge < -0.3 is 15.4 Å². The van der Waals surface area contributed by atoms with Crippen molar-refractivity contribution in [1.82, 2.24) is 5.32 Å². The summed E-state index contributed by atoms with van der Waals surface area (Å²) in [5.41, 5.74) is 0.762. The number of carbonyl (C=O) groups is 3. The van der Waals surface area contributed by atoms with Crippen molar-refractivity contribution in [2.45, 2.75) is 53.7 Å². The summed E-state index contributed by atoms with van der Waals surface area (Å²) in [6.07, 6.45) is -1.01. The molecule has 0 spiro atoms. The number of anilines is 1. The van der Waals surface area contributed by atoms with Crippen LogP contribution in [0.2, 0.25) is 5.02 Å². The van der Waals surface area contributed by atoms with E-state index in [4.69, 9.17) is 16.3 Å². The number of hydrogen-bond donors (Lipinski definition) is 2. The first kappa shape index (κ1) is 21.0. The number of benzene rings is 1. The Kier molecular flexibility index (Phi) is 6.99. The van der Waals surface area contributed by atoms with Gasteiger partial charge in [0.2, 0.25) is 5.91 Å². The number of aryl methyl sites for hydroxylation is 1. The van der Waals surface area contributed by atoms with Gasteiger partial charge in [-0.1, -0.05) is 38.4 Å². The summed E-state index contributed by atoms with van der Waals surface area (Å²) < 4.78 is 5.13. The Bertz CT molecular complexity index is 668. The van der Waals surface area contributed by atoms with Crippen molar-refractivity contribution in [3.8, 4) is 0 Å². The van der Waals surface area contributed by atoms with E-state index in [0.717, 1.165) is 5.56 Å². The fourth-order valence-corrected chi connectivity index (χ4v) is 1.94. The number of ether oxygens (including phenoxy) is 1. The first-order valence-electron chi connectivity index (χ1n) is 8.00. The Labute approximate surface area is 153 Å². The predicted octanol–water partition coefficient (Wildman–Crippen LogP) is 3.07. The molecule has 7 heteroatoms. The first-order chi connectivity index (χ1) is 11.4. The van der Waals surface area contributed by atoms with Gasteiger partial charge in [-0.3, -0.25) is 9.59 Å². The molecule has 0 bridgehead atoms. The summed E-state index contributed by atoms with van der Waals surface area (Å²) in [4.78, 5) is 36.2. The van der Waals surface area contributed by atoms with E-state index < -0.39 is 29.4 Å². The van der Waals surface area contributed by atoms with Crippen LogP contribution < -0.4 is 10.6 Å². The maximum atomic E-state index is 12.2. The molecule has 2 amide bonds. The van der Waals surface area contributed by atoms with E-state index in [2.05, 4.69) is 10.6 Å². The molecular formula is C18H25ClN2O4. The molecule has 2 unspecified atom stereocenters. The standard InChI is InChI=1S/C18H25ClN2O4/c1-10-7-8-13(19)9-14(10)21-15(22)12(3)25-16(23)11(2)20-17(24)18(4,5)6/h7-9,11-12H,1-6H3,(H,20,24)(H,21,22). The topological polar surface area (TPSA) is 84.5 Å². The molecule has 0 aliphatic rings. The molecule has 1 aromatic carbocycles. The quantitative estimate of drug-likeness (QED) is 0.782. The zero-order valence-electron chi connectivity index (χ0n) is 15.4. The van der Waals surface area contributed by atoms with Crippen LogP contribution in [-0.2, 0) is 19.1 Å². The smallest absolute Gasteiger partial charge is 0.329 e. The Balaban J connectivity index is 2.63. The van der Waals surface area contributed by atoms with Crippen molar-refractivity contribution in [2.24, 2.45) is 5.41 Å². The van der Waals surface area contributed by atoms with Gasteiger partial charge in [-0.2, -0.15) is 0 Å². The SMILES string of the molecule is Cc1ccc(Cl)cc1NC(=O)C(C)OC(=O)C(C)NC(=O)C(C)(C)C. The van der Waals surface area contributed by atoms with Crippen LogP contribution in [0.5, 0.6) is 0 Å². The molecule has 6 nitrogen and oxygen atoms in total. The molecule has 2 atom stereocenters. The lowest BCUT2D eigenvalue weighted by Crippen LogP contribution is -2.46. The second-order valence-electron chi connectivity index (χ2n) is 6.97. The van der Waals surface area contributed by atoms with E-state index in [1.54, 1.807) is 39.0 Å². The summed E-state index contributed by atoms with van der Waals surface area (Å²) in [5.74, 6) is -1.43. The molecule has 0 aliphatic heterocycles. The van der Waals surface area contributed by atoms with Crippen LogP contribution in [0.25, 0.3) is 0 Å². The maximum Gasteiger partial charge on any atom is 0.329 e. The number of halogens is 1. The highest BCUT2D eigenvalue weighted by Crippen LogP contribution is 2.20. The van der Waals surface area contributed by atoms with Crippen LogP contribution in [0.3, 0.4) is 0 Å². The molecule has 2 N–H and O–H groups in total. The lowest BCUT2D eigenvalue weighted by Gasteiger charge is -2.22. The normalized spacial score (nSPS) is 13.6. The van der Waals surface area contributed by atoms with Gasteiger partial charge in [-0.05, 0) is 38.5 Å². The van der Waals surface area contributed by atoms with Crippen LogP contribution in [0, 0.1) is 12.3 Å². The Morgan fingerprint density at radius 2 is 1.76 bits per heavy atom. The number of nitrogens with one attached hydrogen (secondary N) is 2. The van der Waals surface area contributed by atoms with Crippen LogP contribution in [0.4, 0.5) is 5.69 Å². The van der Waals surface area contributed by atoms with E-state index in [-0.39, 0.29) is 5.91 Å². The molecule has 138 valence electrons. The Morgan fingerprint density at radius 3 is 2.32 bits per heavy atom. The van der Waals surface area contributed by atoms with Crippen molar-refractivity contribution in [3.63, 3.8) is 0 Å². The van der Waals surface area contributed by atoms with E-state index >= 15 is 0 Å². The lowest BCUT2D eigenvalue weighted by molar-refractivity contribution is -0.156. The lowest BCUT2D eigenvalue weighted by atomic mass is 9.95. The summed E-state index contributed by atoms with van der Waals surface area (Å²) in [6.45, 7) is 10.0. The second kappa shape index (κ2) is 8.34. The van der Waals surface area contributed by atoms with Crippen molar-refractivity contribution in [1.29, 1.82) is 0 Å². The molecule has 0 radical (unpaired) electrons. The zero-order valence-corrected chi connectivity index (χ0v) is 16.2. The summed E-state index contributed by atoms with van der Waals surface area (Å²) in [6, 6.07) is 4.26. The maximum absolute atomic E-state index is 12.2. The molecule has 1 aromatic rings. The largest absolute Gasteiger partial charge is 0.451 e. The molecule has 0 heterocycles. The van der Waals surface area contributed by atoms with Crippen LogP contribution in [-0.4, -0.2) is 29.9 Å². The second-order valence-corrected chi connectivity index (χ2v) is 7.41. The Hall–Kier alpha value is -2.08. The van der Waals surface area contributed by atoms with Crippen LogP contribution in [0.1, 0.15) is 40.2 Å². The van der Waals surface area contributed by atoms with E-state index in [0.29, 0.717) is 10.7 Å². The van der Waals surface area contributed by atoms with Crippen LogP contribution in [0.15, 0.2) is 18.2 Å². The molecular weight excluding hydrogens is 344 g/mol. The first-order valence-corrected chi connectivity index (χ1v) is 8.38. The molecule has 1 rings (SSSR count). The zero-order chi connectivity index (χ0) is 19.4. The number of hydrogen-bond acceptors (Lipinski definition) is 4. The molecule has 25 heavy (non-hydrogen) atoms. The fraction of sp³-hybridized carbons (Fsp3) is 0.500. The summed E-state index contributed by atoms with van der Waals surface area (Å²) >= 11 is 5.91. The number of esters is 1. The summed E-state index contributed by atoms with van der Waals surface area (Å²) in [7, 11) is 0. The van der Waals surface area contributed by atoms with Gasteiger partial charge in [-0.25, -0.2) is 4.79 Å². The molecule has 0 saturated heterocycles. The highest BCUT2D eigenvalue weighted by molar-refractivity contribution is 6.31. The van der Waals surface area contributed by atoms with Crippen molar-refractivity contribution in [2.75, 3.05) is 5.32 Å². The van der Waals surface area contributed by atoms with E-state index in [1.807, 2.05) is 6.92 Å². The minimum Gasteiger partial charge on any atom is -0.451 e. The summed E-state index contributed by atoms with van der Waals surface area (Å²) in [5, 5.41) is 5.73. The average Bonchev–Trinajstić information content (AvgIpc) is 2.49. The van der Waals surface area contributed by atoms with Gasteiger partial charge >= 0.3 is 5.97 Å². The molecule has 0 aliphatic carbocycles. The minimum absolute atomic E-state index is 0.274. The van der Waals surface area contributed by atoms with Gasteiger partial charge in [0.05, 0.1) is 0 Å². The molecule has 0 aromatic heterocycles. The number of rotatable bonds is 5. The van der Waals surface area contributed by atoms with E-state index in [1.165, 1.54) is 13.8 Å². The molecule has 0 saturated carbocycles. The van der Waals surface area contributed by atoms with Gasteiger partial charge in [0.25, 0.3) is 5.91 Å². The van der Waals surface area contributed by atoms with Crippen molar-refractivity contribution < 1.29 is 19.1 Å². The van der Waals surface area contributed by atoms with Crippen molar-refractivity contribution >= 4 is 35.1 Å². The van der Waals surface area contributed by atoms with Gasteiger partial charge in [-0.15, -0.1) is 0 Å². The monoisotopic (exact) mass is 368 g/mol. The van der Waals surface area contributed by atoms with Gasteiger partial charge in [0.1, 0.15) is 6.04 Å². The average molecular weight is 369 g/mol. The fourth-order valence-electron chi connectivity index (χ4n) is 1.77. The van der Waals surface area contributed by atoms with Crippen LogP contribution >= 0.6 is 11.6 Å². The number of carbonyl (C=O) groups excluding carboxylic acids is 3. The van der Waals surface area contributed by atoms with Gasteiger partial charge in [0.15, 0.2) is 6.10 Å². The third kappa shape index (κ3) is 6.38. The highest BCUT2D eigenvalue weighted by atomic mass is 35.5. The predicted molar refractivity (Wildman–Crippen MR) is 97.4 cm³/mol. The third-order valence-electron chi connectivity index (χ3n) is 3.50. The third-order valence-corrected chi connectivity index (χ3v) is 3.74. The Morgan fingerprint density at radius 1 is 1.16 bits per heavy atom.